The molecule has 1 N–H and O–H groups in total. The molecular formula is C16H12F2N2O2. The molecule has 6 heteroatoms. The van der Waals surface area contributed by atoms with Crippen molar-refractivity contribution in [1.29, 1.82) is 5.26 Å². The molecule has 1 amide bonds. The molecule has 0 heterocycles. The van der Waals surface area contributed by atoms with E-state index in [1.807, 2.05) is 6.07 Å². The van der Waals surface area contributed by atoms with Crippen LogP contribution < -0.4 is 10.1 Å². The van der Waals surface area contributed by atoms with Crippen LogP contribution in [-0.2, 0) is 6.42 Å². The Balaban J connectivity index is 2.14. The van der Waals surface area contributed by atoms with Crippen molar-refractivity contribution in [3.8, 4) is 11.8 Å². The lowest BCUT2D eigenvalue weighted by atomic mass is 10.1. The minimum atomic E-state index is -3.00. The maximum absolute atomic E-state index is 12.3. The molecule has 0 fully saturated rings. The molecule has 2 rings (SSSR count). The molecule has 0 radical (unpaired) electrons. The van der Waals surface area contributed by atoms with Gasteiger partial charge in [-0.3, -0.25) is 4.79 Å². The second kappa shape index (κ2) is 7.18. The van der Waals surface area contributed by atoms with E-state index < -0.39 is 12.5 Å². The number of hydrogen-bond donors (Lipinski definition) is 1. The van der Waals surface area contributed by atoms with Crippen molar-refractivity contribution in [3.05, 3.63) is 59.7 Å². The van der Waals surface area contributed by atoms with Crippen molar-refractivity contribution >= 4 is 11.6 Å². The summed E-state index contributed by atoms with van der Waals surface area (Å²) >= 11 is 0. The Hall–Kier alpha value is -2.94. The number of anilines is 1. The Labute approximate surface area is 125 Å². The number of halogens is 2. The monoisotopic (exact) mass is 302 g/mol. The van der Waals surface area contributed by atoms with E-state index >= 15 is 0 Å². The molecule has 2 aromatic rings. The van der Waals surface area contributed by atoms with E-state index in [0.717, 1.165) is 5.56 Å². The van der Waals surface area contributed by atoms with Crippen LogP contribution in [0.4, 0.5) is 14.5 Å². The number of alkyl halides is 2. The first kappa shape index (κ1) is 15.4. The fraction of sp³-hybridized carbons (Fsp3) is 0.125. The van der Waals surface area contributed by atoms with Gasteiger partial charge in [-0.15, -0.1) is 0 Å². The summed E-state index contributed by atoms with van der Waals surface area (Å²) in [5, 5.41) is 11.2. The van der Waals surface area contributed by atoms with Crippen molar-refractivity contribution in [2.24, 2.45) is 0 Å². The summed E-state index contributed by atoms with van der Waals surface area (Å²) in [7, 11) is 0. The number of benzene rings is 2. The topological polar surface area (TPSA) is 62.1 Å². The highest BCUT2D eigenvalue weighted by Gasteiger charge is 2.15. The third-order valence-electron chi connectivity index (χ3n) is 2.84. The minimum absolute atomic E-state index is 0.0175. The van der Waals surface area contributed by atoms with Gasteiger partial charge in [0.05, 0.1) is 18.1 Å². The Morgan fingerprint density at radius 3 is 2.50 bits per heavy atom. The number of carbonyl (C=O) groups excluding carboxylic acids is 1. The van der Waals surface area contributed by atoms with Gasteiger partial charge in [-0.25, -0.2) is 0 Å². The van der Waals surface area contributed by atoms with Gasteiger partial charge in [0, 0.05) is 5.69 Å². The minimum Gasteiger partial charge on any atom is -0.434 e. The Kier molecular flexibility index (Phi) is 5.04. The molecule has 0 spiro atoms. The molecule has 0 saturated heterocycles. The summed E-state index contributed by atoms with van der Waals surface area (Å²) in [6.45, 7) is -3.00. The fourth-order valence-corrected chi connectivity index (χ4v) is 1.85. The number of hydrogen-bond acceptors (Lipinski definition) is 3. The van der Waals surface area contributed by atoms with E-state index in [4.69, 9.17) is 5.26 Å². The molecule has 4 nitrogen and oxygen atoms in total. The molecule has 0 aliphatic heterocycles. The number of nitriles is 1. The molecule has 0 unspecified atom stereocenters. The summed E-state index contributed by atoms with van der Waals surface area (Å²) in [5.41, 5.74) is 1.34. The lowest BCUT2D eigenvalue weighted by Gasteiger charge is -2.11. The quantitative estimate of drug-likeness (QED) is 0.917. The second-order valence-corrected chi connectivity index (χ2v) is 4.36. The molecule has 112 valence electrons. The highest BCUT2D eigenvalue weighted by atomic mass is 19.3. The zero-order valence-electron chi connectivity index (χ0n) is 11.4. The lowest BCUT2D eigenvalue weighted by molar-refractivity contribution is -0.0501. The van der Waals surface area contributed by atoms with Crippen LogP contribution in [0.3, 0.4) is 0 Å². The van der Waals surface area contributed by atoms with Crippen molar-refractivity contribution in [2.45, 2.75) is 13.0 Å². The van der Waals surface area contributed by atoms with Gasteiger partial charge >= 0.3 is 6.61 Å². The van der Waals surface area contributed by atoms with Gasteiger partial charge < -0.3 is 10.1 Å². The molecular weight excluding hydrogens is 290 g/mol. The summed E-state index contributed by atoms with van der Waals surface area (Å²) < 4.78 is 29.0. The van der Waals surface area contributed by atoms with Crippen LogP contribution in [0.15, 0.2) is 48.5 Å². The predicted octanol–water partition coefficient (Wildman–Crippen LogP) is 3.61. The maximum atomic E-state index is 12.3. The van der Waals surface area contributed by atoms with Crippen LogP contribution in [-0.4, -0.2) is 12.5 Å². The Bertz CT molecular complexity index is 694. The van der Waals surface area contributed by atoms with Gasteiger partial charge in [0.2, 0.25) is 0 Å². The van der Waals surface area contributed by atoms with Gasteiger partial charge in [-0.1, -0.05) is 24.3 Å². The number of amides is 1. The zero-order chi connectivity index (χ0) is 15.9. The third kappa shape index (κ3) is 4.03. The first-order chi connectivity index (χ1) is 10.6. The van der Waals surface area contributed by atoms with Crippen LogP contribution in [0.1, 0.15) is 15.9 Å². The normalized spacial score (nSPS) is 10.1. The number of ether oxygens (including phenoxy) is 1. The van der Waals surface area contributed by atoms with Crippen molar-refractivity contribution < 1.29 is 18.3 Å². The van der Waals surface area contributed by atoms with Gasteiger partial charge in [-0.05, 0) is 29.8 Å². The molecule has 0 aliphatic rings. The second-order valence-electron chi connectivity index (χ2n) is 4.36. The molecule has 0 aromatic heterocycles. The molecule has 22 heavy (non-hydrogen) atoms. The standard InChI is InChI=1S/C16H12F2N2O2/c17-16(18)22-14-4-2-1-3-13(14)15(21)20-12-7-5-11(6-8-12)9-10-19/h1-8,16H,9H2,(H,20,21). The highest BCUT2D eigenvalue weighted by molar-refractivity contribution is 6.06. The highest BCUT2D eigenvalue weighted by Crippen LogP contribution is 2.21. The zero-order valence-corrected chi connectivity index (χ0v) is 11.4. The maximum Gasteiger partial charge on any atom is 0.387 e. The van der Waals surface area contributed by atoms with Crippen LogP contribution in [0.2, 0.25) is 0 Å². The van der Waals surface area contributed by atoms with E-state index in [-0.39, 0.29) is 17.7 Å². The van der Waals surface area contributed by atoms with Crippen LogP contribution in [0.25, 0.3) is 0 Å². The number of para-hydroxylation sites is 1. The van der Waals surface area contributed by atoms with Crippen molar-refractivity contribution in [1.82, 2.24) is 0 Å². The lowest BCUT2D eigenvalue weighted by Crippen LogP contribution is -2.14. The number of nitrogens with zero attached hydrogens (tertiary/aromatic N) is 1. The smallest absolute Gasteiger partial charge is 0.387 e. The molecule has 0 aliphatic carbocycles. The fourth-order valence-electron chi connectivity index (χ4n) is 1.85. The van der Waals surface area contributed by atoms with E-state index in [9.17, 15) is 13.6 Å². The SMILES string of the molecule is N#CCc1ccc(NC(=O)c2ccccc2OC(F)F)cc1. The average molecular weight is 302 g/mol. The van der Waals surface area contributed by atoms with E-state index in [2.05, 4.69) is 10.1 Å². The summed E-state index contributed by atoms with van der Waals surface area (Å²) in [5.74, 6) is -0.736. The Morgan fingerprint density at radius 1 is 1.18 bits per heavy atom. The summed E-state index contributed by atoms with van der Waals surface area (Å²) in [4.78, 5) is 12.1. The van der Waals surface area contributed by atoms with Crippen molar-refractivity contribution in [3.63, 3.8) is 0 Å². The third-order valence-corrected chi connectivity index (χ3v) is 2.84. The van der Waals surface area contributed by atoms with E-state index in [0.29, 0.717) is 5.69 Å². The van der Waals surface area contributed by atoms with Gasteiger partial charge in [0.1, 0.15) is 5.75 Å². The van der Waals surface area contributed by atoms with Crippen molar-refractivity contribution in [2.75, 3.05) is 5.32 Å². The van der Waals surface area contributed by atoms with Crippen LogP contribution >= 0.6 is 0 Å². The predicted molar refractivity (Wildman–Crippen MR) is 76.8 cm³/mol. The van der Waals surface area contributed by atoms with E-state index in [1.165, 1.54) is 18.2 Å². The average Bonchev–Trinajstić information content (AvgIpc) is 2.49. The molecule has 0 atom stereocenters. The summed E-state index contributed by atoms with van der Waals surface area (Å²) in [6.07, 6.45) is 0.277. The molecule has 2 aromatic carbocycles. The Morgan fingerprint density at radius 2 is 1.86 bits per heavy atom. The van der Waals surface area contributed by atoms with Gasteiger partial charge in [0.15, 0.2) is 0 Å². The van der Waals surface area contributed by atoms with Crippen LogP contribution in [0.5, 0.6) is 5.75 Å². The number of rotatable bonds is 5. The summed E-state index contributed by atoms with van der Waals surface area (Å²) in [6, 6.07) is 14.5. The van der Waals surface area contributed by atoms with Gasteiger partial charge in [-0.2, -0.15) is 14.0 Å². The van der Waals surface area contributed by atoms with E-state index in [1.54, 1.807) is 30.3 Å². The number of carbonyl (C=O) groups is 1. The molecule has 0 bridgehead atoms. The first-order valence-corrected chi connectivity index (χ1v) is 6.41. The molecule has 0 saturated carbocycles. The first-order valence-electron chi connectivity index (χ1n) is 6.41. The van der Waals surface area contributed by atoms with Gasteiger partial charge in [0.25, 0.3) is 5.91 Å². The van der Waals surface area contributed by atoms with Crippen LogP contribution in [0, 0.1) is 11.3 Å². The largest absolute Gasteiger partial charge is 0.434 e. The number of nitrogens with one attached hydrogen (secondary N) is 1.